The Kier molecular flexibility index (Phi) is 3.78. The summed E-state index contributed by atoms with van der Waals surface area (Å²) in [5, 5.41) is 19.5. The van der Waals surface area contributed by atoms with Gasteiger partial charge in [-0.2, -0.15) is 0 Å². The van der Waals surface area contributed by atoms with Crippen LogP contribution in [0.15, 0.2) is 34.6 Å². The maximum atomic E-state index is 11.3. The molecule has 0 aromatic heterocycles. The van der Waals surface area contributed by atoms with E-state index in [1.165, 1.54) is 6.26 Å². The molecular weight excluding hydrogens is 326 g/mol. The van der Waals surface area contributed by atoms with Gasteiger partial charge < -0.3 is 10.4 Å². The minimum atomic E-state index is -3.06. The van der Waals surface area contributed by atoms with Crippen LogP contribution >= 0.6 is 11.6 Å². The van der Waals surface area contributed by atoms with Gasteiger partial charge in [0.2, 0.25) is 0 Å². The standard InChI is InChI=1S/C14H16ClN3O3S/c1-22(20,21)5-4-18-8-10-6-9-2-3-11(15)7-12(9)16-13(10)14(19)17-18/h2-3,7,16H,4-6,8H2,1H3,(H,17,19). The predicted molar refractivity (Wildman–Crippen MR) is 87.2 cm³/mol. The fourth-order valence-corrected chi connectivity index (χ4v) is 3.26. The van der Waals surface area contributed by atoms with Crippen LogP contribution in [0.5, 0.6) is 0 Å². The van der Waals surface area contributed by atoms with Gasteiger partial charge in [0.05, 0.1) is 18.8 Å². The highest BCUT2D eigenvalue weighted by atomic mass is 35.5. The number of rotatable bonds is 3. The van der Waals surface area contributed by atoms with Gasteiger partial charge in [-0.1, -0.05) is 17.7 Å². The predicted octanol–water partition coefficient (Wildman–Crippen LogP) is 1.79. The molecule has 2 aliphatic rings. The van der Waals surface area contributed by atoms with Crippen molar-refractivity contribution in [2.75, 3.05) is 30.4 Å². The fourth-order valence-electron chi connectivity index (χ4n) is 2.55. The molecule has 0 atom stereocenters. The van der Waals surface area contributed by atoms with Gasteiger partial charge in [0.1, 0.15) is 15.5 Å². The number of aliphatic hydroxyl groups excluding tert-OH is 1. The summed E-state index contributed by atoms with van der Waals surface area (Å²) in [5.74, 6) is -0.119. The first-order valence-corrected chi connectivity index (χ1v) is 9.24. The molecule has 3 rings (SSSR count). The lowest BCUT2D eigenvalue weighted by Crippen LogP contribution is -2.36. The van der Waals surface area contributed by atoms with E-state index in [4.69, 9.17) is 11.6 Å². The molecule has 22 heavy (non-hydrogen) atoms. The molecule has 2 N–H and O–H groups in total. The third-order valence-corrected chi connectivity index (χ3v) is 4.80. The third-order valence-electron chi connectivity index (χ3n) is 3.64. The number of sulfone groups is 1. The second kappa shape index (κ2) is 5.48. The van der Waals surface area contributed by atoms with Crippen molar-refractivity contribution in [3.05, 3.63) is 40.1 Å². The SMILES string of the molecule is CS(=O)(=O)CCN1CC2=C(Nc3cc(Cl)ccc3C2)C(O)=N1. The number of hydrazone groups is 1. The molecular formula is C14H16ClN3O3S. The van der Waals surface area contributed by atoms with Crippen molar-refractivity contribution in [3.8, 4) is 0 Å². The number of hydrogen-bond donors (Lipinski definition) is 2. The van der Waals surface area contributed by atoms with E-state index in [0.717, 1.165) is 16.8 Å². The van der Waals surface area contributed by atoms with Gasteiger partial charge in [-0.25, -0.2) is 8.42 Å². The quantitative estimate of drug-likeness (QED) is 0.876. The van der Waals surface area contributed by atoms with Gasteiger partial charge in [0, 0.05) is 17.0 Å². The Morgan fingerprint density at radius 1 is 1.45 bits per heavy atom. The lowest BCUT2D eigenvalue weighted by Gasteiger charge is -2.31. The highest BCUT2D eigenvalue weighted by Crippen LogP contribution is 2.32. The largest absolute Gasteiger partial charge is 0.491 e. The molecule has 1 aromatic rings. The summed E-state index contributed by atoms with van der Waals surface area (Å²) in [6.07, 6.45) is 1.86. The smallest absolute Gasteiger partial charge is 0.252 e. The first-order valence-electron chi connectivity index (χ1n) is 6.80. The molecule has 0 bridgehead atoms. The van der Waals surface area contributed by atoms with Crippen molar-refractivity contribution in [2.45, 2.75) is 6.42 Å². The van der Waals surface area contributed by atoms with Crippen molar-refractivity contribution < 1.29 is 13.5 Å². The Balaban J connectivity index is 1.80. The summed E-state index contributed by atoms with van der Waals surface area (Å²) >= 11 is 5.98. The average molecular weight is 342 g/mol. The molecule has 0 unspecified atom stereocenters. The van der Waals surface area contributed by atoms with Crippen molar-refractivity contribution in [1.29, 1.82) is 0 Å². The lowest BCUT2D eigenvalue weighted by atomic mass is 9.96. The Bertz CT molecular complexity index is 787. The van der Waals surface area contributed by atoms with Crippen molar-refractivity contribution >= 4 is 33.0 Å². The Hall–Kier alpha value is -1.73. The number of nitrogens with one attached hydrogen (secondary N) is 1. The molecule has 0 saturated carbocycles. The molecule has 0 spiro atoms. The van der Waals surface area contributed by atoms with Gasteiger partial charge in [0.15, 0.2) is 0 Å². The normalized spacial score (nSPS) is 17.5. The maximum absolute atomic E-state index is 11.3. The Labute approximate surface area is 134 Å². The molecule has 0 amide bonds. The van der Waals surface area contributed by atoms with Gasteiger partial charge >= 0.3 is 0 Å². The van der Waals surface area contributed by atoms with E-state index in [1.807, 2.05) is 18.2 Å². The van der Waals surface area contributed by atoms with Crippen LogP contribution in [0.25, 0.3) is 0 Å². The Morgan fingerprint density at radius 2 is 2.23 bits per heavy atom. The summed E-state index contributed by atoms with van der Waals surface area (Å²) in [6, 6.07) is 5.58. The Morgan fingerprint density at radius 3 is 2.95 bits per heavy atom. The maximum Gasteiger partial charge on any atom is 0.252 e. The molecule has 2 heterocycles. The minimum absolute atomic E-state index is 0.00597. The summed E-state index contributed by atoms with van der Waals surface area (Å²) in [7, 11) is -3.06. The van der Waals surface area contributed by atoms with Crippen LogP contribution in [0, 0.1) is 0 Å². The average Bonchev–Trinajstić information content (AvgIpc) is 2.43. The highest BCUT2D eigenvalue weighted by molar-refractivity contribution is 7.90. The summed E-state index contributed by atoms with van der Waals surface area (Å²) in [6.45, 7) is 0.747. The van der Waals surface area contributed by atoms with Crippen molar-refractivity contribution in [1.82, 2.24) is 5.01 Å². The molecule has 0 aliphatic carbocycles. The summed E-state index contributed by atoms with van der Waals surface area (Å²) in [4.78, 5) is 0. The van der Waals surface area contributed by atoms with Crippen LogP contribution in [-0.4, -0.2) is 49.5 Å². The molecule has 1 aromatic carbocycles. The van der Waals surface area contributed by atoms with E-state index in [9.17, 15) is 13.5 Å². The van der Waals surface area contributed by atoms with Crippen LogP contribution in [-0.2, 0) is 16.3 Å². The van der Waals surface area contributed by atoms with E-state index in [2.05, 4.69) is 10.4 Å². The minimum Gasteiger partial charge on any atom is -0.491 e. The van der Waals surface area contributed by atoms with E-state index in [0.29, 0.717) is 23.7 Å². The van der Waals surface area contributed by atoms with Gasteiger partial charge in [-0.05, 0) is 29.7 Å². The monoisotopic (exact) mass is 341 g/mol. The molecule has 118 valence electrons. The molecule has 0 saturated heterocycles. The van der Waals surface area contributed by atoms with E-state index >= 15 is 0 Å². The number of anilines is 1. The van der Waals surface area contributed by atoms with Crippen LogP contribution in [0.1, 0.15) is 5.56 Å². The number of fused-ring (bicyclic) bond motifs is 1. The van der Waals surface area contributed by atoms with E-state index < -0.39 is 9.84 Å². The molecule has 6 nitrogen and oxygen atoms in total. The number of halogens is 1. The number of nitrogens with zero attached hydrogens (tertiary/aromatic N) is 2. The molecule has 8 heteroatoms. The van der Waals surface area contributed by atoms with E-state index in [1.54, 1.807) is 5.01 Å². The van der Waals surface area contributed by atoms with Crippen LogP contribution in [0.4, 0.5) is 5.69 Å². The summed E-state index contributed by atoms with van der Waals surface area (Å²) in [5.41, 5.74) is 3.51. The van der Waals surface area contributed by atoms with Gasteiger partial charge in [-0.3, -0.25) is 5.01 Å². The van der Waals surface area contributed by atoms with Crippen molar-refractivity contribution in [3.63, 3.8) is 0 Å². The highest BCUT2D eigenvalue weighted by Gasteiger charge is 2.27. The number of aliphatic hydroxyl groups is 1. The zero-order valence-electron chi connectivity index (χ0n) is 12.0. The molecule has 2 aliphatic heterocycles. The zero-order chi connectivity index (χ0) is 15.9. The lowest BCUT2D eigenvalue weighted by molar-refractivity contribution is 0.308. The van der Waals surface area contributed by atoms with Gasteiger partial charge in [-0.15, -0.1) is 5.10 Å². The van der Waals surface area contributed by atoms with Gasteiger partial charge in [0.25, 0.3) is 5.90 Å². The second-order valence-corrected chi connectivity index (χ2v) is 8.22. The first-order chi connectivity index (χ1) is 10.3. The van der Waals surface area contributed by atoms with E-state index in [-0.39, 0.29) is 18.2 Å². The number of benzene rings is 1. The third kappa shape index (κ3) is 3.20. The molecule has 0 radical (unpaired) electrons. The second-order valence-electron chi connectivity index (χ2n) is 5.52. The van der Waals surface area contributed by atoms with Crippen LogP contribution in [0.3, 0.4) is 0 Å². The molecule has 0 fully saturated rings. The summed E-state index contributed by atoms with van der Waals surface area (Å²) < 4.78 is 22.5. The van der Waals surface area contributed by atoms with Crippen LogP contribution in [0.2, 0.25) is 5.02 Å². The van der Waals surface area contributed by atoms with Crippen LogP contribution < -0.4 is 5.32 Å². The first kappa shape index (κ1) is 15.2. The number of hydrogen-bond acceptors (Lipinski definition) is 5. The zero-order valence-corrected chi connectivity index (χ0v) is 13.6. The van der Waals surface area contributed by atoms with Crippen molar-refractivity contribution in [2.24, 2.45) is 5.10 Å². The topological polar surface area (TPSA) is 82.0 Å². The fraction of sp³-hybridized carbons (Fsp3) is 0.357.